The highest BCUT2D eigenvalue weighted by Gasteiger charge is 2.27. The van der Waals surface area contributed by atoms with Crippen LogP contribution in [0.3, 0.4) is 0 Å². The van der Waals surface area contributed by atoms with Crippen molar-refractivity contribution < 1.29 is 9.90 Å². The van der Waals surface area contributed by atoms with Gasteiger partial charge in [-0.1, -0.05) is 17.7 Å². The van der Waals surface area contributed by atoms with Crippen LogP contribution in [0.25, 0.3) is 0 Å². The van der Waals surface area contributed by atoms with E-state index in [1.807, 2.05) is 23.6 Å². The van der Waals surface area contributed by atoms with Crippen molar-refractivity contribution in [2.24, 2.45) is 0 Å². The number of thiophene rings is 1. The molecule has 1 N–H and O–H groups in total. The van der Waals surface area contributed by atoms with Crippen LogP contribution < -0.4 is 4.90 Å². The van der Waals surface area contributed by atoms with E-state index < -0.39 is 6.10 Å². The maximum absolute atomic E-state index is 12.5. The van der Waals surface area contributed by atoms with E-state index in [-0.39, 0.29) is 5.91 Å². The average molecular weight is 322 g/mol. The molecule has 2 heterocycles. The van der Waals surface area contributed by atoms with E-state index in [1.54, 1.807) is 28.4 Å². The molecule has 2 aromatic rings. The number of anilines is 1. The van der Waals surface area contributed by atoms with Gasteiger partial charge >= 0.3 is 0 Å². The number of hydrogen-bond donors (Lipinski definition) is 1. The van der Waals surface area contributed by atoms with Crippen LogP contribution in [0.5, 0.6) is 0 Å². The highest BCUT2D eigenvalue weighted by molar-refractivity contribution is 7.09. The molecule has 110 valence electrons. The van der Waals surface area contributed by atoms with Gasteiger partial charge in [-0.25, -0.2) is 0 Å². The van der Waals surface area contributed by atoms with E-state index in [9.17, 15) is 9.90 Å². The van der Waals surface area contributed by atoms with Crippen molar-refractivity contribution in [3.63, 3.8) is 0 Å². The zero-order valence-corrected chi connectivity index (χ0v) is 13.0. The minimum Gasteiger partial charge on any atom is -0.388 e. The third-order valence-electron chi connectivity index (χ3n) is 3.73. The Labute approximate surface area is 132 Å². The van der Waals surface area contributed by atoms with Crippen molar-refractivity contribution in [1.29, 1.82) is 0 Å². The number of hydrogen-bond acceptors (Lipinski definition) is 3. The van der Waals surface area contributed by atoms with Gasteiger partial charge in [-0.3, -0.25) is 4.79 Å². The van der Waals surface area contributed by atoms with Crippen LogP contribution in [-0.4, -0.2) is 17.6 Å². The van der Waals surface area contributed by atoms with Crippen molar-refractivity contribution in [1.82, 2.24) is 0 Å². The summed E-state index contributed by atoms with van der Waals surface area (Å²) in [5.74, 6) is 0.0962. The van der Waals surface area contributed by atoms with Crippen molar-refractivity contribution >= 4 is 34.5 Å². The number of carbonyl (C=O) groups is 1. The number of rotatable bonds is 3. The SMILES string of the molecule is O=C(CCc1cccs1)N1CCC(O)c2cc(Cl)ccc21. The van der Waals surface area contributed by atoms with Gasteiger partial charge in [0.05, 0.1) is 6.10 Å². The van der Waals surface area contributed by atoms with Crippen LogP contribution in [0.1, 0.15) is 29.4 Å². The molecule has 0 radical (unpaired) electrons. The molecule has 0 spiro atoms. The molecular weight excluding hydrogens is 306 g/mol. The van der Waals surface area contributed by atoms with Crippen molar-refractivity contribution in [2.45, 2.75) is 25.4 Å². The second-order valence-corrected chi connectivity index (χ2v) is 6.60. The van der Waals surface area contributed by atoms with E-state index in [4.69, 9.17) is 11.6 Å². The molecule has 1 aliphatic heterocycles. The molecule has 0 saturated carbocycles. The Bertz CT molecular complexity index is 642. The lowest BCUT2D eigenvalue weighted by molar-refractivity contribution is -0.118. The van der Waals surface area contributed by atoms with Gasteiger partial charge in [0.15, 0.2) is 0 Å². The predicted molar refractivity (Wildman–Crippen MR) is 86.0 cm³/mol. The lowest BCUT2D eigenvalue weighted by atomic mass is 9.98. The highest BCUT2D eigenvalue weighted by Crippen LogP contribution is 2.35. The molecular formula is C16H16ClNO2S. The van der Waals surface area contributed by atoms with E-state index in [1.165, 1.54) is 4.88 Å². The number of aliphatic hydroxyl groups is 1. The normalized spacial score (nSPS) is 17.6. The monoisotopic (exact) mass is 321 g/mol. The first-order valence-electron chi connectivity index (χ1n) is 6.95. The molecule has 5 heteroatoms. The summed E-state index contributed by atoms with van der Waals surface area (Å²) < 4.78 is 0. The standard InChI is InChI=1S/C16H16ClNO2S/c17-11-3-5-14-13(10-11)15(19)7-8-18(14)16(20)6-4-12-2-1-9-21-12/h1-3,5,9-10,15,19H,4,6-8H2. The Morgan fingerprint density at radius 3 is 3.05 bits per heavy atom. The molecule has 1 aliphatic rings. The van der Waals surface area contributed by atoms with Crippen LogP contribution in [0.15, 0.2) is 35.7 Å². The van der Waals surface area contributed by atoms with E-state index >= 15 is 0 Å². The number of halogens is 1. The first kappa shape index (κ1) is 14.6. The predicted octanol–water partition coefficient (Wildman–Crippen LogP) is 3.80. The zero-order chi connectivity index (χ0) is 14.8. The quantitative estimate of drug-likeness (QED) is 0.934. The largest absolute Gasteiger partial charge is 0.388 e. The highest BCUT2D eigenvalue weighted by atomic mass is 35.5. The van der Waals surface area contributed by atoms with Gasteiger partial charge in [0.25, 0.3) is 0 Å². The number of aryl methyl sites for hydroxylation is 1. The number of amides is 1. The summed E-state index contributed by atoms with van der Waals surface area (Å²) in [6.07, 6.45) is 1.26. The van der Waals surface area contributed by atoms with Gasteiger partial charge in [-0.2, -0.15) is 0 Å². The molecule has 21 heavy (non-hydrogen) atoms. The Hall–Kier alpha value is -1.36. The molecule has 3 nitrogen and oxygen atoms in total. The molecule has 1 atom stereocenters. The number of nitrogens with zero attached hydrogens (tertiary/aromatic N) is 1. The summed E-state index contributed by atoms with van der Waals surface area (Å²) in [5, 5.41) is 12.7. The second-order valence-electron chi connectivity index (χ2n) is 5.13. The molecule has 0 bridgehead atoms. The van der Waals surface area contributed by atoms with Gasteiger partial charge in [-0.15, -0.1) is 11.3 Å². The Kier molecular flexibility index (Phi) is 4.29. The van der Waals surface area contributed by atoms with Crippen molar-refractivity contribution in [2.75, 3.05) is 11.4 Å². The fourth-order valence-electron chi connectivity index (χ4n) is 2.64. The summed E-state index contributed by atoms with van der Waals surface area (Å²) in [6, 6.07) is 9.38. The van der Waals surface area contributed by atoms with E-state index in [0.717, 1.165) is 17.7 Å². The molecule has 0 saturated heterocycles. The van der Waals surface area contributed by atoms with Crippen molar-refractivity contribution in [3.8, 4) is 0 Å². The molecule has 1 amide bonds. The van der Waals surface area contributed by atoms with Gasteiger partial charge in [-0.05, 0) is 42.5 Å². The topological polar surface area (TPSA) is 40.5 Å². The van der Waals surface area contributed by atoms with Gasteiger partial charge in [0, 0.05) is 34.1 Å². The fraction of sp³-hybridized carbons (Fsp3) is 0.312. The summed E-state index contributed by atoms with van der Waals surface area (Å²) in [6.45, 7) is 0.555. The van der Waals surface area contributed by atoms with Crippen LogP contribution in [0.2, 0.25) is 5.02 Å². The fourth-order valence-corrected chi connectivity index (χ4v) is 3.53. The molecule has 0 fully saturated rings. The van der Waals surface area contributed by atoms with Crippen LogP contribution in [-0.2, 0) is 11.2 Å². The third kappa shape index (κ3) is 3.12. The summed E-state index contributed by atoms with van der Waals surface area (Å²) in [4.78, 5) is 15.5. The van der Waals surface area contributed by atoms with Gasteiger partial charge < -0.3 is 10.0 Å². The maximum Gasteiger partial charge on any atom is 0.227 e. The number of carbonyl (C=O) groups excluding carboxylic acids is 1. The van der Waals surface area contributed by atoms with Gasteiger partial charge in [0.2, 0.25) is 5.91 Å². The lowest BCUT2D eigenvalue weighted by Gasteiger charge is -2.32. The summed E-state index contributed by atoms with van der Waals surface area (Å²) in [5.41, 5.74) is 1.53. The molecule has 0 aliphatic carbocycles. The molecule has 1 aromatic carbocycles. The summed E-state index contributed by atoms with van der Waals surface area (Å²) >= 11 is 7.66. The number of aliphatic hydroxyl groups excluding tert-OH is 1. The smallest absolute Gasteiger partial charge is 0.227 e. The zero-order valence-electron chi connectivity index (χ0n) is 11.5. The minimum absolute atomic E-state index is 0.0962. The Morgan fingerprint density at radius 1 is 1.43 bits per heavy atom. The molecule has 1 aromatic heterocycles. The van der Waals surface area contributed by atoms with Crippen molar-refractivity contribution in [3.05, 3.63) is 51.2 Å². The first-order valence-corrected chi connectivity index (χ1v) is 8.21. The molecule has 1 unspecified atom stereocenters. The minimum atomic E-state index is -0.542. The van der Waals surface area contributed by atoms with Crippen LogP contribution >= 0.6 is 22.9 Å². The second kappa shape index (κ2) is 6.18. The number of fused-ring (bicyclic) bond motifs is 1. The summed E-state index contributed by atoms with van der Waals surface area (Å²) in [7, 11) is 0. The average Bonchev–Trinajstić information content (AvgIpc) is 2.99. The van der Waals surface area contributed by atoms with E-state index in [2.05, 4.69) is 0 Å². The number of benzene rings is 1. The third-order valence-corrected chi connectivity index (χ3v) is 4.90. The maximum atomic E-state index is 12.5. The Balaban J connectivity index is 1.77. The Morgan fingerprint density at radius 2 is 2.29 bits per heavy atom. The van der Waals surface area contributed by atoms with Crippen LogP contribution in [0, 0.1) is 0 Å². The molecule has 3 rings (SSSR count). The lowest BCUT2D eigenvalue weighted by Crippen LogP contribution is -2.36. The van der Waals surface area contributed by atoms with Gasteiger partial charge in [0.1, 0.15) is 0 Å². The van der Waals surface area contributed by atoms with Crippen LogP contribution in [0.4, 0.5) is 5.69 Å². The van der Waals surface area contributed by atoms with E-state index in [0.29, 0.717) is 24.4 Å². The first-order chi connectivity index (χ1) is 10.1.